The molecule has 0 saturated carbocycles. The van der Waals surface area contributed by atoms with Crippen molar-refractivity contribution < 1.29 is 80.6 Å². The molecule has 2 atom stereocenters. The number of halogens is 3. The van der Waals surface area contributed by atoms with Gasteiger partial charge in [0.2, 0.25) is 30.1 Å². The molecule has 0 radical (unpaired) electrons. The molecular weight excluding hydrogens is 1930 g/mol. The van der Waals surface area contributed by atoms with E-state index in [-0.39, 0.29) is 116 Å². The van der Waals surface area contributed by atoms with Crippen LogP contribution in [0.5, 0.6) is 5.75 Å². The number of fused-ring (bicyclic) bond motifs is 6. The van der Waals surface area contributed by atoms with Gasteiger partial charge >= 0.3 is 0 Å². The molecule has 0 aliphatic rings. The quantitative estimate of drug-likeness (QED) is 0.0391. The van der Waals surface area contributed by atoms with Gasteiger partial charge in [-0.3, -0.25) is 55.4 Å². The fourth-order valence-electron chi connectivity index (χ4n) is 18.0. The second-order valence-electron chi connectivity index (χ2n) is 35.5. The van der Waals surface area contributed by atoms with E-state index in [1.165, 1.54) is 121 Å². The molecular formula is C110H103F3N12O18S3. The molecule has 3 amide bonds. The van der Waals surface area contributed by atoms with Gasteiger partial charge in [0.15, 0.2) is 0 Å². The number of carbonyl (C=O) groups excluding carboxylic acids is 3. The first kappa shape index (κ1) is 103. The lowest BCUT2D eigenvalue weighted by Crippen LogP contribution is -2.31. The zero-order valence-corrected chi connectivity index (χ0v) is 85.1. The second-order valence-corrected chi connectivity index (χ2v) is 41.6. The number of ether oxygens (including phenoxy) is 2. The fraction of sp³-hybridized carbons (Fsp3) is 0.209. The number of furan rings is 3. The van der Waals surface area contributed by atoms with Crippen LogP contribution in [-0.4, -0.2) is 165 Å². The van der Waals surface area contributed by atoms with Crippen molar-refractivity contribution in [3.8, 4) is 73.1 Å². The summed E-state index contributed by atoms with van der Waals surface area (Å²) in [7, 11) is 0.528. The molecule has 750 valence electrons. The first-order valence-corrected chi connectivity index (χ1v) is 51.5. The number of rotatable bonds is 26. The second kappa shape index (κ2) is 41.3. The number of carbonyl (C=O) groups is 3. The number of sulfonamides is 3. The molecule has 36 heteroatoms. The largest absolute Gasteiger partial charge is 0.496 e. The monoisotopic (exact) mass is 2030 g/mol. The van der Waals surface area contributed by atoms with Crippen LogP contribution in [0, 0.1) is 59.0 Å². The van der Waals surface area contributed by atoms with E-state index in [2.05, 4.69) is 16.0 Å². The van der Waals surface area contributed by atoms with Gasteiger partial charge < -0.3 is 43.8 Å². The van der Waals surface area contributed by atoms with Gasteiger partial charge in [-0.15, -0.1) is 0 Å². The lowest BCUT2D eigenvalue weighted by Gasteiger charge is -2.23. The Bertz CT molecular complexity index is 8500. The molecule has 30 nitrogen and oxygen atoms in total. The Kier molecular flexibility index (Phi) is 29.1. The van der Waals surface area contributed by atoms with Gasteiger partial charge in [0.1, 0.15) is 74.7 Å². The molecule has 0 saturated heterocycles. The maximum atomic E-state index is 14.3. The van der Waals surface area contributed by atoms with Crippen molar-refractivity contribution in [3.05, 3.63) is 347 Å². The Morgan fingerprint density at radius 2 is 0.712 bits per heavy atom. The number of hydrogen-bond donors (Lipinski definition) is 4. The van der Waals surface area contributed by atoms with Crippen molar-refractivity contribution >= 4 is 130 Å². The van der Waals surface area contributed by atoms with Gasteiger partial charge in [-0.05, 0) is 215 Å². The summed E-state index contributed by atoms with van der Waals surface area (Å²) in [6.45, 7) is 11.5. The van der Waals surface area contributed by atoms with E-state index < -0.39 is 77.3 Å². The van der Waals surface area contributed by atoms with Crippen molar-refractivity contribution in [2.75, 3.05) is 101 Å². The van der Waals surface area contributed by atoms with Crippen molar-refractivity contribution in [1.82, 2.24) is 44.6 Å². The molecule has 0 aliphatic heterocycles. The fourth-order valence-corrected chi connectivity index (χ4v) is 19.5. The molecule has 146 heavy (non-hydrogen) atoms. The van der Waals surface area contributed by atoms with Gasteiger partial charge in [0.05, 0.1) is 118 Å². The predicted molar refractivity (Wildman–Crippen MR) is 563 cm³/mol. The Hall–Kier alpha value is -16.2. The van der Waals surface area contributed by atoms with E-state index >= 15 is 0 Å². The number of anilines is 3. The van der Waals surface area contributed by atoms with Crippen LogP contribution in [0.15, 0.2) is 258 Å². The van der Waals surface area contributed by atoms with E-state index in [0.29, 0.717) is 117 Å². The normalized spacial score (nSPS) is 12.1. The van der Waals surface area contributed by atoms with Crippen molar-refractivity contribution in [2.45, 2.75) is 66.6 Å². The average molecular weight is 2030 g/mol. The number of nitrogens with zero attached hydrogens (tertiary/aromatic N) is 9. The highest BCUT2D eigenvalue weighted by Gasteiger charge is 2.33. The van der Waals surface area contributed by atoms with Crippen LogP contribution < -0.4 is 50.3 Å². The molecule has 0 aliphatic carbocycles. The summed E-state index contributed by atoms with van der Waals surface area (Å²) in [5.41, 5.74) is 12.4. The number of aliphatic hydroxyl groups is 1. The number of methoxy groups -OCH3 is 2. The van der Waals surface area contributed by atoms with Gasteiger partial charge in [-0.25, -0.2) is 53.4 Å². The molecule has 6 heterocycles. The van der Waals surface area contributed by atoms with Crippen LogP contribution in [0.4, 0.5) is 30.2 Å². The third-order valence-corrected chi connectivity index (χ3v) is 29.5. The van der Waals surface area contributed by atoms with E-state index in [1.807, 2.05) is 87.5 Å². The van der Waals surface area contributed by atoms with Gasteiger partial charge in [0, 0.05) is 129 Å². The number of benzene rings is 12. The van der Waals surface area contributed by atoms with E-state index in [4.69, 9.17) is 37.7 Å². The number of aliphatic hydroxyl groups excluding tert-OH is 1. The number of nitrogens with one attached hydrogen (secondary N) is 3. The smallest absolute Gasteiger partial charge is 0.262 e. The van der Waals surface area contributed by atoms with Crippen LogP contribution in [-0.2, 0) is 41.4 Å². The van der Waals surface area contributed by atoms with Crippen LogP contribution in [0.2, 0.25) is 0 Å². The molecule has 6 aromatic heterocycles. The number of aryl methyl sites for hydroxylation is 6. The molecule has 18 aromatic rings. The van der Waals surface area contributed by atoms with Crippen molar-refractivity contribution in [2.24, 2.45) is 0 Å². The third-order valence-electron chi connectivity index (χ3n) is 25.9. The van der Waals surface area contributed by atoms with Crippen LogP contribution in [0.1, 0.15) is 100 Å². The lowest BCUT2D eigenvalue weighted by molar-refractivity contribution is 0.0956. The Morgan fingerprint density at radius 1 is 0.397 bits per heavy atom. The topological polar surface area (TPSA) is 382 Å². The zero-order valence-electron chi connectivity index (χ0n) is 82.7. The summed E-state index contributed by atoms with van der Waals surface area (Å²) < 4.78 is 156. The van der Waals surface area contributed by atoms with Crippen molar-refractivity contribution in [3.63, 3.8) is 0 Å². The SMILES string of the molecule is CNC(=O)c1c(-c2ccc(F)cc2)oc2cc(N(C)S(C)(=O)=O)c(-c3ccc4nc(C)n(Cc5ccc(C)cc5OC)c(=O)c4c3)cc12.CNC(=O)c1c(-c2ccc(F)cc2)oc2cc(N(C)S(C)(=O)=O)c(-c3ccc4nc(C)n([C@@H](COC)c5ccc(C)cc5)c(=O)c4c3)cc12.CNC(=O)c1c(-c2ccc(F)cc2)oc2cc(N(C)S(C)(=O)=O)c(-c3ccc4nc(C)n([C@H](CCO)c5ccc(C)cc5)c(=O)c4c3)cc12. The predicted octanol–water partition coefficient (Wildman–Crippen LogP) is 18.2. The third kappa shape index (κ3) is 20.4. The Balaban J connectivity index is 0.000000157. The zero-order chi connectivity index (χ0) is 105. The summed E-state index contributed by atoms with van der Waals surface area (Å²) in [6.07, 6.45) is 3.51. The summed E-state index contributed by atoms with van der Waals surface area (Å²) in [5, 5.41) is 20.0. The molecule has 0 fully saturated rings. The minimum absolute atomic E-state index is 0.151. The van der Waals surface area contributed by atoms with Crippen LogP contribution in [0.3, 0.4) is 0 Å². The molecule has 0 spiro atoms. The maximum absolute atomic E-state index is 14.3. The summed E-state index contributed by atoms with van der Waals surface area (Å²) in [4.78, 5) is 96.7. The average Bonchev–Trinajstić information content (AvgIpc) is 1.58. The maximum Gasteiger partial charge on any atom is 0.262 e. The summed E-state index contributed by atoms with van der Waals surface area (Å²) in [6, 6.07) is 62.1. The van der Waals surface area contributed by atoms with Crippen LogP contribution >= 0.6 is 0 Å². The van der Waals surface area contributed by atoms with Crippen molar-refractivity contribution in [1.29, 1.82) is 0 Å². The van der Waals surface area contributed by atoms with Crippen LogP contribution in [0.25, 0.3) is 133 Å². The van der Waals surface area contributed by atoms with Gasteiger partial charge in [-0.2, -0.15) is 0 Å². The van der Waals surface area contributed by atoms with Gasteiger partial charge in [-0.1, -0.05) is 90.0 Å². The highest BCUT2D eigenvalue weighted by molar-refractivity contribution is 7.92. The minimum atomic E-state index is -3.78. The van der Waals surface area contributed by atoms with E-state index in [1.54, 1.807) is 134 Å². The number of hydrogen-bond acceptors (Lipinski definition) is 21. The standard InChI is InChI=1S/2C37H35FN4O6S.C36H33FN4O6S/c1-21-7-9-23(10-8-21)32(20-47-5)42-22(2)40-30-16-13-25(17-28(30)37(42)44)27-18-29-33(19-31(27)41(4)49(6,45)46)48-35(34(29)36(43)39-3)24-11-14-26(38)15-12-24;1-21-6-8-23(9-7-21)31(16-17-43)42-22(2)40-30-15-12-25(18-28(30)37(42)45)27-19-29-33(20-32(27)41(4)49(5,46)47)48-35(34(29)36(44)39-3)24-10-13-26(38)14-11-24;1-20-7-8-24(31(15-20)46-5)19-41-21(2)39-29-14-11-23(16-27(29)36(41)43)26-17-28-32(18-30(26)40(4)48(6,44)45)47-34(33(28)35(42)38-3)22-9-12-25(37)13-10-22/h7-19,32H,20H2,1-6H3,(H,39,43);6-15,18-20,31,43H,16-17H2,1-5H3,(H,39,44);7-18H,19H2,1-6H3,(H,38,42)/t32-;31-;/m01./s1. The summed E-state index contributed by atoms with van der Waals surface area (Å²) in [5.74, 6) is 0.0241. The lowest BCUT2D eigenvalue weighted by atomic mass is 9.97. The number of amides is 3. The first-order valence-electron chi connectivity index (χ1n) is 46.0. The highest BCUT2D eigenvalue weighted by Crippen LogP contribution is 2.47. The minimum Gasteiger partial charge on any atom is -0.496 e. The highest BCUT2D eigenvalue weighted by atomic mass is 32.2. The Labute approximate surface area is 838 Å². The molecule has 18 rings (SSSR count). The Morgan fingerprint density at radius 3 is 1.03 bits per heavy atom. The molecule has 12 aromatic carbocycles. The first-order chi connectivity index (χ1) is 69.4. The van der Waals surface area contributed by atoms with Gasteiger partial charge in [0.25, 0.3) is 34.4 Å². The molecule has 4 N–H and O–H groups in total. The molecule has 0 unspecified atom stereocenters. The molecule has 0 bridgehead atoms. The summed E-state index contributed by atoms with van der Waals surface area (Å²) >= 11 is 0. The number of aromatic nitrogens is 6. The van der Waals surface area contributed by atoms with E-state index in [0.717, 1.165) is 65.1 Å². The van der Waals surface area contributed by atoms with E-state index in [9.17, 15) is 72.3 Å².